The number of nitrogens with zero attached hydrogens (tertiary/aromatic N) is 5. The van der Waals surface area contributed by atoms with E-state index in [1.54, 1.807) is 0 Å². The van der Waals surface area contributed by atoms with Crippen LogP contribution >= 0.6 is 0 Å². The predicted molar refractivity (Wildman–Crippen MR) is 153 cm³/mol. The molecule has 2 aromatic carbocycles. The third kappa shape index (κ3) is 3.98. The van der Waals surface area contributed by atoms with E-state index in [0.29, 0.717) is 5.82 Å². The van der Waals surface area contributed by atoms with Crippen LogP contribution in [0.5, 0.6) is 0 Å². The van der Waals surface area contributed by atoms with Crippen LogP contribution in [0.3, 0.4) is 0 Å². The normalized spacial score (nSPS) is 24.8. The quantitative estimate of drug-likeness (QED) is 0.318. The summed E-state index contributed by atoms with van der Waals surface area (Å²) in [5, 5.41) is 17.1. The van der Waals surface area contributed by atoms with Gasteiger partial charge in [0.2, 0.25) is 11.8 Å². The van der Waals surface area contributed by atoms with Crippen LogP contribution in [0.2, 0.25) is 0 Å². The summed E-state index contributed by atoms with van der Waals surface area (Å²) in [6.45, 7) is 2.18. The highest BCUT2D eigenvalue weighted by atomic mass is 16.2. The largest absolute Gasteiger partial charge is 0.324 e. The Morgan fingerprint density at radius 2 is 1.85 bits per heavy atom. The van der Waals surface area contributed by atoms with E-state index in [9.17, 15) is 9.59 Å². The van der Waals surface area contributed by atoms with Gasteiger partial charge in [-0.25, -0.2) is 10.1 Å². The minimum atomic E-state index is -0.917. The number of fused-ring (bicyclic) bond motifs is 2. The summed E-state index contributed by atoms with van der Waals surface area (Å²) in [7, 11) is 0. The molecular formula is C32H31N7O2. The number of hydrogen-bond donors (Lipinski definition) is 2. The first-order valence-corrected chi connectivity index (χ1v) is 14.3. The van der Waals surface area contributed by atoms with Gasteiger partial charge in [-0.15, -0.1) is 5.10 Å². The fourth-order valence-corrected chi connectivity index (χ4v) is 7.02. The first kappa shape index (κ1) is 25.3. The summed E-state index contributed by atoms with van der Waals surface area (Å²) in [6, 6.07) is 16.9. The number of tetrazole rings is 1. The number of imidazole rings is 1. The molecule has 7 rings (SSSR count). The average Bonchev–Trinajstić information content (AvgIpc) is 3.75. The maximum atomic E-state index is 13.4. The van der Waals surface area contributed by atoms with Crippen LogP contribution in [0.25, 0.3) is 22.5 Å². The molecule has 0 bridgehead atoms. The molecule has 2 N–H and O–H groups in total. The highest BCUT2D eigenvalue weighted by Crippen LogP contribution is 2.54. The van der Waals surface area contributed by atoms with Crippen molar-refractivity contribution in [3.8, 4) is 22.5 Å². The predicted octanol–water partition coefficient (Wildman–Crippen LogP) is 4.92. The molecule has 206 valence electrons. The number of amides is 2. The Balaban J connectivity index is 1.27. The number of carbonyl (C=O) groups excluding carboxylic acids is 2. The van der Waals surface area contributed by atoms with E-state index in [1.807, 2.05) is 48.7 Å². The van der Waals surface area contributed by atoms with Gasteiger partial charge in [0.15, 0.2) is 5.82 Å². The number of aryl methyl sites for hydroxylation is 1. The van der Waals surface area contributed by atoms with Gasteiger partial charge in [-0.2, -0.15) is 0 Å². The number of allylic oxidation sites excluding steroid dienone is 2. The molecule has 2 amide bonds. The highest BCUT2D eigenvalue weighted by Gasteiger charge is 2.59. The van der Waals surface area contributed by atoms with Gasteiger partial charge in [0.25, 0.3) is 0 Å². The number of aromatic nitrogens is 6. The van der Waals surface area contributed by atoms with Crippen LogP contribution in [0.15, 0.2) is 79.0 Å². The van der Waals surface area contributed by atoms with Gasteiger partial charge in [0.1, 0.15) is 5.82 Å². The lowest BCUT2D eigenvalue weighted by Gasteiger charge is -2.42. The molecule has 3 aliphatic rings. The third-order valence-corrected chi connectivity index (χ3v) is 8.98. The summed E-state index contributed by atoms with van der Waals surface area (Å²) in [5.74, 6) is 0.613. The van der Waals surface area contributed by atoms with Crippen molar-refractivity contribution in [1.29, 1.82) is 0 Å². The minimum Gasteiger partial charge on any atom is -0.324 e. The van der Waals surface area contributed by atoms with Gasteiger partial charge in [-0.05, 0) is 46.4 Å². The Morgan fingerprint density at radius 1 is 1.02 bits per heavy atom. The lowest BCUT2D eigenvalue weighted by atomic mass is 9.62. The number of nitrogens with one attached hydrogen (secondary N) is 2. The van der Waals surface area contributed by atoms with Crippen molar-refractivity contribution in [1.82, 2.24) is 35.5 Å². The minimum absolute atomic E-state index is 0.0940. The van der Waals surface area contributed by atoms with Crippen LogP contribution < -0.4 is 5.32 Å². The number of carbonyl (C=O) groups is 2. The van der Waals surface area contributed by atoms with Gasteiger partial charge in [-0.3, -0.25) is 14.9 Å². The molecule has 2 aromatic heterocycles. The fraction of sp³-hybridized carbons (Fsp3) is 0.312. The molecule has 1 fully saturated rings. The molecule has 0 radical (unpaired) electrons. The van der Waals surface area contributed by atoms with E-state index in [2.05, 4.69) is 67.8 Å². The van der Waals surface area contributed by atoms with Gasteiger partial charge < -0.3 is 4.57 Å². The topological polar surface area (TPSA) is 118 Å². The molecule has 0 saturated carbocycles. The molecule has 4 unspecified atom stereocenters. The molecule has 9 heteroatoms. The van der Waals surface area contributed by atoms with Crippen LogP contribution in [0.4, 0.5) is 0 Å². The molecule has 9 nitrogen and oxygen atoms in total. The van der Waals surface area contributed by atoms with E-state index in [-0.39, 0.29) is 23.8 Å². The van der Waals surface area contributed by atoms with E-state index in [0.717, 1.165) is 60.3 Å². The molecule has 1 aliphatic carbocycles. The van der Waals surface area contributed by atoms with Gasteiger partial charge in [-0.1, -0.05) is 86.2 Å². The summed E-state index contributed by atoms with van der Waals surface area (Å²) < 4.78 is 2.36. The maximum absolute atomic E-state index is 13.4. The van der Waals surface area contributed by atoms with E-state index < -0.39 is 11.3 Å². The Bertz CT molecular complexity index is 1670. The molecule has 2 aliphatic heterocycles. The van der Waals surface area contributed by atoms with Crippen molar-refractivity contribution in [2.75, 3.05) is 0 Å². The molecule has 4 atom stereocenters. The van der Waals surface area contributed by atoms with Crippen molar-refractivity contribution in [3.63, 3.8) is 0 Å². The first-order chi connectivity index (χ1) is 20.1. The molecule has 0 spiro atoms. The summed E-state index contributed by atoms with van der Waals surface area (Å²) >= 11 is 0. The standard InChI is InChI=1S/C32H31N7O2/c1-2-3-11-28-33-19-27-24(32-18-7-6-10-25(32)30(40)34-31(32)41)16-17-26(39(27)28)21-14-12-20(13-15-21)22-8-4-5-9-23(22)29-35-37-38-36-29/h4-10,12-15,18-19,24-26H,2-3,11,16-17H2,1H3,(H,34,40,41)(H,35,36,37,38). The van der Waals surface area contributed by atoms with Crippen LogP contribution in [-0.2, 0) is 16.0 Å². The summed E-state index contributed by atoms with van der Waals surface area (Å²) in [4.78, 5) is 31.1. The Labute approximate surface area is 237 Å². The van der Waals surface area contributed by atoms with Crippen LogP contribution in [0.1, 0.15) is 61.6 Å². The molecule has 1 saturated heterocycles. The number of H-pyrrole nitrogens is 1. The van der Waals surface area contributed by atoms with E-state index in [1.165, 1.54) is 5.56 Å². The zero-order valence-corrected chi connectivity index (χ0v) is 22.8. The summed E-state index contributed by atoms with van der Waals surface area (Å²) in [6.07, 6.45) is 14.2. The molecule has 41 heavy (non-hydrogen) atoms. The number of unbranched alkanes of at least 4 members (excludes halogenated alkanes) is 1. The maximum Gasteiger partial charge on any atom is 0.238 e. The third-order valence-electron chi connectivity index (χ3n) is 8.98. The van der Waals surface area contributed by atoms with Gasteiger partial charge in [0, 0.05) is 29.8 Å². The number of imide groups is 1. The first-order valence-electron chi connectivity index (χ1n) is 14.3. The Morgan fingerprint density at radius 3 is 2.63 bits per heavy atom. The highest BCUT2D eigenvalue weighted by molar-refractivity contribution is 6.10. The van der Waals surface area contributed by atoms with Crippen molar-refractivity contribution >= 4 is 11.8 Å². The SMILES string of the molecule is CCCCc1ncc2n1C(c1ccc(-c3ccccc3-c3nnn[nH]3)cc1)CCC2C12C=CC=CC1C(=O)NC2=O. The fourth-order valence-electron chi connectivity index (χ4n) is 7.02. The second-order valence-electron chi connectivity index (χ2n) is 11.1. The zero-order chi connectivity index (χ0) is 28.0. The lowest BCUT2D eigenvalue weighted by molar-refractivity contribution is -0.128. The summed E-state index contributed by atoms with van der Waals surface area (Å²) in [5.41, 5.74) is 4.38. The van der Waals surface area contributed by atoms with Crippen molar-refractivity contribution < 1.29 is 9.59 Å². The number of aromatic amines is 1. The second-order valence-corrected chi connectivity index (χ2v) is 11.1. The van der Waals surface area contributed by atoms with Crippen molar-refractivity contribution in [2.24, 2.45) is 11.3 Å². The average molecular weight is 546 g/mol. The Kier molecular flexibility index (Phi) is 6.22. The van der Waals surface area contributed by atoms with Gasteiger partial charge >= 0.3 is 0 Å². The number of benzene rings is 2. The molecular weight excluding hydrogens is 514 g/mol. The second kappa shape index (κ2) is 10.1. The number of rotatable bonds is 7. The van der Waals surface area contributed by atoms with Crippen LogP contribution in [-0.4, -0.2) is 42.0 Å². The zero-order valence-electron chi connectivity index (χ0n) is 22.8. The van der Waals surface area contributed by atoms with Crippen LogP contribution in [0, 0.1) is 11.3 Å². The van der Waals surface area contributed by atoms with Crippen molar-refractivity contribution in [2.45, 2.75) is 51.0 Å². The lowest BCUT2D eigenvalue weighted by Crippen LogP contribution is -2.42. The molecule has 4 heterocycles. The smallest absolute Gasteiger partial charge is 0.238 e. The van der Waals surface area contributed by atoms with E-state index in [4.69, 9.17) is 4.98 Å². The van der Waals surface area contributed by atoms with Gasteiger partial charge in [0.05, 0.1) is 17.4 Å². The van der Waals surface area contributed by atoms with E-state index >= 15 is 0 Å². The Hall–Kier alpha value is -4.66. The molecule has 4 aromatic rings. The monoisotopic (exact) mass is 545 g/mol. The number of hydrogen-bond acceptors (Lipinski definition) is 6. The van der Waals surface area contributed by atoms with Crippen molar-refractivity contribution in [3.05, 3.63) is 96.1 Å².